The van der Waals surface area contributed by atoms with Gasteiger partial charge in [0.2, 0.25) is 10.0 Å². The molecule has 1 fully saturated rings. The first-order chi connectivity index (χ1) is 11.9. The second kappa shape index (κ2) is 5.82. The van der Waals surface area contributed by atoms with E-state index in [9.17, 15) is 18.3 Å². The van der Waals surface area contributed by atoms with Gasteiger partial charge < -0.3 is 5.11 Å². The fourth-order valence-corrected chi connectivity index (χ4v) is 5.83. The molecule has 0 amide bonds. The van der Waals surface area contributed by atoms with E-state index in [1.54, 1.807) is 6.20 Å². The number of fused-ring (bicyclic) bond motifs is 4. The molecule has 0 saturated carbocycles. The monoisotopic (exact) mass is 381 g/mol. The predicted octanol–water partition coefficient (Wildman–Crippen LogP) is 2.21. The molecule has 3 unspecified atom stereocenters. The number of carboxylic acids is 1. The molecule has 132 valence electrons. The molecular weight excluding hydrogens is 366 g/mol. The highest BCUT2D eigenvalue weighted by atomic mass is 35.5. The number of halogens is 1. The average molecular weight is 382 g/mol. The van der Waals surface area contributed by atoms with Crippen LogP contribution < -0.4 is 0 Å². The Morgan fingerprint density at radius 2 is 2.00 bits per heavy atom. The molecule has 7 nitrogen and oxygen atoms in total. The third-order valence-corrected chi connectivity index (χ3v) is 7.25. The van der Waals surface area contributed by atoms with E-state index in [2.05, 4.69) is 10.2 Å². The van der Waals surface area contributed by atoms with Crippen molar-refractivity contribution < 1.29 is 18.3 Å². The van der Waals surface area contributed by atoms with E-state index in [0.29, 0.717) is 11.4 Å². The summed E-state index contributed by atoms with van der Waals surface area (Å²) in [7, 11) is -3.77. The van der Waals surface area contributed by atoms with Crippen LogP contribution in [0.25, 0.3) is 0 Å². The smallest absolute Gasteiger partial charge is 0.306 e. The number of piperidine rings is 1. The maximum atomic E-state index is 13.2. The molecule has 0 spiro atoms. The van der Waals surface area contributed by atoms with E-state index < -0.39 is 34.0 Å². The van der Waals surface area contributed by atoms with Crippen molar-refractivity contribution in [3.8, 4) is 0 Å². The van der Waals surface area contributed by atoms with Gasteiger partial charge in [-0.3, -0.25) is 9.89 Å². The second-order valence-corrected chi connectivity index (χ2v) is 8.75. The van der Waals surface area contributed by atoms with Gasteiger partial charge in [0.1, 0.15) is 0 Å². The number of rotatable bonds is 3. The minimum atomic E-state index is -3.77. The second-order valence-electron chi connectivity index (χ2n) is 6.47. The quantitative estimate of drug-likeness (QED) is 0.848. The molecule has 1 aromatic carbocycles. The summed E-state index contributed by atoms with van der Waals surface area (Å²) < 4.78 is 27.9. The molecule has 0 aliphatic carbocycles. The number of sulfonamides is 1. The van der Waals surface area contributed by atoms with Gasteiger partial charge >= 0.3 is 5.97 Å². The maximum Gasteiger partial charge on any atom is 0.306 e. The Bertz CT molecular complexity index is 925. The molecule has 3 heterocycles. The standard InChI is InChI=1S/C16H16ClN3O4S/c17-10-1-3-12(4-2-10)25(23,24)20-11-5-9(16(21)22)6-15(20)13-8-18-19-14(13)7-11/h1-4,8-9,11,15H,5-7H2,(H,18,19)(H,21,22). The Morgan fingerprint density at radius 1 is 1.28 bits per heavy atom. The Morgan fingerprint density at radius 3 is 2.68 bits per heavy atom. The summed E-state index contributed by atoms with van der Waals surface area (Å²) in [6.45, 7) is 0. The number of benzene rings is 1. The van der Waals surface area contributed by atoms with Crippen LogP contribution in [0.1, 0.15) is 30.1 Å². The van der Waals surface area contributed by atoms with Crippen molar-refractivity contribution in [3.63, 3.8) is 0 Å². The lowest BCUT2D eigenvalue weighted by Crippen LogP contribution is -2.52. The minimum absolute atomic E-state index is 0.160. The highest BCUT2D eigenvalue weighted by Crippen LogP contribution is 2.46. The first-order valence-electron chi connectivity index (χ1n) is 7.92. The average Bonchev–Trinajstić information content (AvgIpc) is 3.02. The molecule has 25 heavy (non-hydrogen) atoms. The summed E-state index contributed by atoms with van der Waals surface area (Å²) in [6.07, 6.45) is 2.57. The van der Waals surface area contributed by atoms with Crippen molar-refractivity contribution in [2.75, 3.05) is 0 Å². The van der Waals surface area contributed by atoms with Gasteiger partial charge in [-0.25, -0.2) is 8.42 Å². The third kappa shape index (κ3) is 2.65. The highest BCUT2D eigenvalue weighted by molar-refractivity contribution is 7.89. The zero-order chi connectivity index (χ0) is 17.8. The van der Waals surface area contributed by atoms with Gasteiger partial charge in [0, 0.05) is 28.7 Å². The van der Waals surface area contributed by atoms with E-state index in [4.69, 9.17) is 11.6 Å². The topological polar surface area (TPSA) is 103 Å². The van der Waals surface area contributed by atoms with Crippen molar-refractivity contribution in [3.05, 3.63) is 46.7 Å². The number of hydrogen-bond donors (Lipinski definition) is 2. The van der Waals surface area contributed by atoms with E-state index in [1.807, 2.05) is 0 Å². The molecular formula is C16H16ClN3O4S. The van der Waals surface area contributed by atoms with Gasteiger partial charge in [-0.1, -0.05) is 11.6 Å². The molecule has 2 aliphatic heterocycles. The molecule has 2 N–H and O–H groups in total. The molecule has 9 heteroatoms. The summed E-state index contributed by atoms with van der Waals surface area (Å²) in [5, 5.41) is 16.8. The molecule has 2 bridgehead atoms. The SMILES string of the molecule is O=C(O)C1CC2Cc3[nH]ncc3C(C1)N2S(=O)(=O)c1ccc(Cl)cc1. The molecule has 2 aliphatic rings. The van der Waals surface area contributed by atoms with Gasteiger partial charge in [0.15, 0.2) is 0 Å². The summed E-state index contributed by atoms with van der Waals surface area (Å²) in [5.74, 6) is -1.44. The van der Waals surface area contributed by atoms with Crippen molar-refractivity contribution in [2.24, 2.45) is 5.92 Å². The molecule has 1 saturated heterocycles. The largest absolute Gasteiger partial charge is 0.481 e. The Hall–Kier alpha value is -1.90. The summed E-state index contributed by atoms with van der Waals surface area (Å²) in [4.78, 5) is 11.7. The van der Waals surface area contributed by atoms with Crippen LogP contribution in [0.15, 0.2) is 35.4 Å². The minimum Gasteiger partial charge on any atom is -0.481 e. The number of carbonyl (C=O) groups is 1. The van der Waals surface area contributed by atoms with Crippen molar-refractivity contribution >= 4 is 27.6 Å². The van der Waals surface area contributed by atoms with Crippen LogP contribution in [0.2, 0.25) is 5.02 Å². The number of aliphatic carboxylic acids is 1. The lowest BCUT2D eigenvalue weighted by molar-refractivity contribution is -0.144. The number of aromatic amines is 1. The summed E-state index contributed by atoms with van der Waals surface area (Å²) in [6, 6.07) is 5.10. The van der Waals surface area contributed by atoms with Crippen LogP contribution in [-0.4, -0.2) is 40.0 Å². The van der Waals surface area contributed by atoms with Crippen LogP contribution in [-0.2, 0) is 21.2 Å². The maximum absolute atomic E-state index is 13.2. The zero-order valence-electron chi connectivity index (χ0n) is 13.1. The molecule has 0 radical (unpaired) electrons. The Kier molecular flexibility index (Phi) is 3.86. The lowest BCUT2D eigenvalue weighted by Gasteiger charge is -2.46. The Balaban J connectivity index is 1.79. The van der Waals surface area contributed by atoms with E-state index >= 15 is 0 Å². The van der Waals surface area contributed by atoms with Crippen LogP contribution in [0.4, 0.5) is 0 Å². The normalized spacial score (nSPS) is 26.2. The fraction of sp³-hybridized carbons (Fsp3) is 0.375. The van der Waals surface area contributed by atoms with Crippen LogP contribution in [0.5, 0.6) is 0 Å². The van der Waals surface area contributed by atoms with Crippen LogP contribution in [0, 0.1) is 5.92 Å². The van der Waals surface area contributed by atoms with Crippen LogP contribution >= 0.6 is 11.6 Å². The summed E-state index contributed by atoms with van der Waals surface area (Å²) in [5.41, 5.74) is 1.65. The number of carboxylic acid groups (broad SMARTS) is 1. The summed E-state index contributed by atoms with van der Waals surface area (Å²) >= 11 is 5.86. The lowest BCUT2D eigenvalue weighted by atomic mass is 9.79. The first kappa shape index (κ1) is 16.6. The van der Waals surface area contributed by atoms with Crippen molar-refractivity contribution in [2.45, 2.75) is 36.2 Å². The molecule has 4 rings (SSSR count). The van der Waals surface area contributed by atoms with Gasteiger partial charge in [0.25, 0.3) is 0 Å². The number of hydrogen-bond acceptors (Lipinski definition) is 4. The molecule has 3 atom stereocenters. The fourth-order valence-electron chi connectivity index (χ4n) is 3.90. The van der Waals surface area contributed by atoms with Gasteiger partial charge in [-0.05, 0) is 37.1 Å². The number of nitrogens with one attached hydrogen (secondary N) is 1. The highest BCUT2D eigenvalue weighted by Gasteiger charge is 2.49. The van der Waals surface area contributed by atoms with Gasteiger partial charge in [-0.2, -0.15) is 9.40 Å². The van der Waals surface area contributed by atoms with Crippen molar-refractivity contribution in [1.82, 2.24) is 14.5 Å². The number of aromatic nitrogens is 2. The molecule has 1 aromatic heterocycles. The van der Waals surface area contributed by atoms with Crippen molar-refractivity contribution in [1.29, 1.82) is 0 Å². The first-order valence-corrected chi connectivity index (χ1v) is 9.74. The zero-order valence-corrected chi connectivity index (χ0v) is 14.7. The number of H-pyrrole nitrogens is 1. The van der Waals surface area contributed by atoms with E-state index in [-0.39, 0.29) is 17.7 Å². The van der Waals surface area contributed by atoms with Gasteiger partial charge in [0.05, 0.1) is 23.1 Å². The van der Waals surface area contributed by atoms with Crippen LogP contribution in [0.3, 0.4) is 0 Å². The Labute approximate surface area is 149 Å². The number of nitrogens with zero attached hydrogens (tertiary/aromatic N) is 2. The van der Waals surface area contributed by atoms with Gasteiger partial charge in [-0.15, -0.1) is 0 Å². The van der Waals surface area contributed by atoms with E-state index in [1.165, 1.54) is 28.6 Å². The third-order valence-electron chi connectivity index (χ3n) is 5.02. The molecule has 2 aromatic rings. The predicted molar refractivity (Wildman–Crippen MR) is 89.7 cm³/mol. The van der Waals surface area contributed by atoms with E-state index in [0.717, 1.165) is 11.3 Å².